The molecule has 4 rings (SSSR count). The highest BCUT2D eigenvalue weighted by Crippen LogP contribution is 2.36. The summed E-state index contributed by atoms with van der Waals surface area (Å²) in [6.07, 6.45) is 0. The Hall–Kier alpha value is -1.87. The Morgan fingerprint density at radius 2 is 1.88 bits per heavy atom. The van der Waals surface area contributed by atoms with Crippen LogP contribution < -0.4 is 5.73 Å². The van der Waals surface area contributed by atoms with Crippen molar-refractivity contribution in [2.75, 3.05) is 19.6 Å². The van der Waals surface area contributed by atoms with Crippen LogP contribution in [0, 0.1) is 5.92 Å². The molecule has 8 heteroatoms. The first-order chi connectivity index (χ1) is 12.1. The predicted octanol–water partition coefficient (Wildman–Crippen LogP) is 2.05. The van der Waals surface area contributed by atoms with Gasteiger partial charge in [-0.3, -0.25) is 0 Å². The Morgan fingerprint density at radius 3 is 2.64 bits per heavy atom. The van der Waals surface area contributed by atoms with Crippen LogP contribution in [0.1, 0.15) is 11.5 Å². The van der Waals surface area contributed by atoms with Crippen molar-refractivity contribution < 1.29 is 8.42 Å². The van der Waals surface area contributed by atoms with Gasteiger partial charge in [0.25, 0.3) is 0 Å². The molecule has 0 aliphatic carbocycles. The molecule has 0 saturated carbocycles. The lowest BCUT2D eigenvalue weighted by atomic mass is 9.89. The van der Waals surface area contributed by atoms with Crippen LogP contribution in [0.3, 0.4) is 0 Å². The first kappa shape index (κ1) is 16.6. The molecule has 25 heavy (non-hydrogen) atoms. The molecule has 2 N–H and O–H groups in total. The zero-order valence-electron chi connectivity index (χ0n) is 13.4. The number of sulfonamides is 1. The molecule has 0 radical (unpaired) electrons. The van der Waals surface area contributed by atoms with Crippen LogP contribution in [-0.4, -0.2) is 41.1 Å². The zero-order valence-corrected chi connectivity index (χ0v) is 15.1. The molecule has 1 fully saturated rings. The minimum atomic E-state index is -3.64. The Bertz CT molecular complexity index is 988. The summed E-state index contributed by atoms with van der Waals surface area (Å²) in [5.41, 5.74) is 8.12. The molecule has 1 saturated heterocycles. The van der Waals surface area contributed by atoms with E-state index in [1.54, 1.807) is 18.2 Å². The zero-order chi connectivity index (χ0) is 17.4. The van der Waals surface area contributed by atoms with Crippen LogP contribution in [0.4, 0.5) is 0 Å². The third-order valence-electron chi connectivity index (χ3n) is 4.80. The van der Waals surface area contributed by atoms with E-state index in [4.69, 9.17) is 5.73 Å². The summed E-state index contributed by atoms with van der Waals surface area (Å²) in [6, 6.07) is 15.1. The van der Waals surface area contributed by atoms with Crippen molar-refractivity contribution in [3.8, 4) is 0 Å². The standard InChI is InChI=1S/C17H18N4O2S2/c18-9-13-10-21(11-14(13)12-5-2-1-3-6-12)25(22,23)16-8-4-7-15-17(16)20-24-19-15/h1-8,13-14H,9-11,18H2/t13-,14+/m1/s1. The van der Waals surface area contributed by atoms with Crippen LogP contribution in [0.5, 0.6) is 0 Å². The van der Waals surface area contributed by atoms with Crippen molar-refractivity contribution in [3.05, 3.63) is 54.1 Å². The fraction of sp³-hybridized carbons (Fsp3) is 0.294. The molecule has 6 nitrogen and oxygen atoms in total. The molecule has 3 aromatic rings. The van der Waals surface area contributed by atoms with Gasteiger partial charge in [0.2, 0.25) is 10.0 Å². The molecule has 0 unspecified atom stereocenters. The highest BCUT2D eigenvalue weighted by Gasteiger charge is 2.40. The number of nitrogens with two attached hydrogens (primary N) is 1. The fourth-order valence-electron chi connectivity index (χ4n) is 3.47. The second-order valence-electron chi connectivity index (χ2n) is 6.22. The van der Waals surface area contributed by atoms with Crippen LogP contribution in [0.15, 0.2) is 53.4 Å². The third-order valence-corrected chi connectivity index (χ3v) is 7.21. The number of hydrogen-bond acceptors (Lipinski definition) is 6. The van der Waals surface area contributed by atoms with Gasteiger partial charge in [-0.05, 0) is 30.2 Å². The topological polar surface area (TPSA) is 89.2 Å². The molecule has 1 aromatic heterocycles. The number of rotatable bonds is 4. The normalized spacial score (nSPS) is 21.8. The summed E-state index contributed by atoms with van der Waals surface area (Å²) in [6.45, 7) is 1.31. The van der Waals surface area contributed by atoms with Crippen molar-refractivity contribution in [3.63, 3.8) is 0 Å². The number of hydrogen-bond donors (Lipinski definition) is 1. The van der Waals surface area contributed by atoms with Crippen molar-refractivity contribution in [1.82, 2.24) is 13.1 Å². The van der Waals surface area contributed by atoms with Gasteiger partial charge in [0.1, 0.15) is 15.9 Å². The van der Waals surface area contributed by atoms with E-state index in [0.717, 1.165) is 17.3 Å². The van der Waals surface area contributed by atoms with Gasteiger partial charge in [-0.15, -0.1) is 0 Å². The molecule has 1 aliphatic rings. The largest absolute Gasteiger partial charge is 0.330 e. The Labute approximate surface area is 150 Å². The van der Waals surface area contributed by atoms with Gasteiger partial charge in [-0.25, -0.2) is 8.42 Å². The summed E-state index contributed by atoms with van der Waals surface area (Å²) in [5, 5.41) is 0. The average molecular weight is 374 g/mol. The van der Waals surface area contributed by atoms with Gasteiger partial charge in [0, 0.05) is 19.0 Å². The molecule has 0 bridgehead atoms. The van der Waals surface area contributed by atoms with Gasteiger partial charge < -0.3 is 5.73 Å². The van der Waals surface area contributed by atoms with E-state index in [-0.39, 0.29) is 16.7 Å². The SMILES string of the molecule is NC[C@@H]1CN(S(=O)(=O)c2cccc3nsnc23)C[C@H]1c1ccccc1. The van der Waals surface area contributed by atoms with Gasteiger partial charge >= 0.3 is 0 Å². The predicted molar refractivity (Wildman–Crippen MR) is 97.9 cm³/mol. The summed E-state index contributed by atoms with van der Waals surface area (Å²) in [4.78, 5) is 0.225. The maximum atomic E-state index is 13.2. The average Bonchev–Trinajstić information content (AvgIpc) is 3.29. The molecule has 2 heterocycles. The molecule has 0 amide bonds. The van der Waals surface area contributed by atoms with Crippen molar-refractivity contribution >= 4 is 32.8 Å². The summed E-state index contributed by atoms with van der Waals surface area (Å²) in [5.74, 6) is 0.207. The quantitative estimate of drug-likeness (QED) is 0.755. The number of fused-ring (bicyclic) bond motifs is 1. The molecule has 2 atom stereocenters. The Balaban J connectivity index is 1.71. The van der Waals surface area contributed by atoms with Crippen LogP contribution in [-0.2, 0) is 10.0 Å². The smallest absolute Gasteiger partial charge is 0.245 e. The van der Waals surface area contributed by atoms with E-state index in [1.165, 1.54) is 4.31 Å². The highest BCUT2D eigenvalue weighted by atomic mass is 32.2. The second kappa shape index (κ2) is 6.45. The fourth-order valence-corrected chi connectivity index (χ4v) is 5.75. The lowest BCUT2D eigenvalue weighted by Gasteiger charge is -2.17. The minimum absolute atomic E-state index is 0.102. The third kappa shape index (κ3) is 2.85. The lowest BCUT2D eigenvalue weighted by molar-refractivity contribution is 0.459. The molecule has 0 spiro atoms. The minimum Gasteiger partial charge on any atom is -0.330 e. The van der Waals surface area contributed by atoms with Crippen molar-refractivity contribution in [2.24, 2.45) is 11.7 Å². The molecule has 1 aliphatic heterocycles. The highest BCUT2D eigenvalue weighted by molar-refractivity contribution is 7.89. The van der Waals surface area contributed by atoms with E-state index in [9.17, 15) is 8.42 Å². The van der Waals surface area contributed by atoms with E-state index in [0.29, 0.717) is 30.7 Å². The van der Waals surface area contributed by atoms with Crippen LogP contribution in [0.25, 0.3) is 11.0 Å². The Morgan fingerprint density at radius 1 is 1.08 bits per heavy atom. The lowest BCUT2D eigenvalue weighted by Crippen LogP contribution is -2.30. The van der Waals surface area contributed by atoms with Gasteiger partial charge in [-0.1, -0.05) is 36.4 Å². The number of aromatic nitrogens is 2. The van der Waals surface area contributed by atoms with Crippen LogP contribution in [0.2, 0.25) is 0 Å². The van der Waals surface area contributed by atoms with Gasteiger partial charge in [-0.2, -0.15) is 13.1 Å². The summed E-state index contributed by atoms with van der Waals surface area (Å²) in [7, 11) is -3.64. The summed E-state index contributed by atoms with van der Waals surface area (Å²) < 4.78 is 36.3. The van der Waals surface area contributed by atoms with Gasteiger partial charge in [0.05, 0.1) is 11.7 Å². The molecular weight excluding hydrogens is 356 g/mol. The first-order valence-electron chi connectivity index (χ1n) is 8.07. The maximum Gasteiger partial charge on any atom is 0.245 e. The monoisotopic (exact) mass is 374 g/mol. The number of nitrogens with zero attached hydrogens (tertiary/aromatic N) is 3. The van der Waals surface area contributed by atoms with E-state index >= 15 is 0 Å². The first-order valence-corrected chi connectivity index (χ1v) is 10.2. The van der Waals surface area contributed by atoms with Crippen LogP contribution >= 0.6 is 11.7 Å². The van der Waals surface area contributed by atoms with Gasteiger partial charge in [0.15, 0.2) is 0 Å². The van der Waals surface area contributed by atoms with Crippen molar-refractivity contribution in [2.45, 2.75) is 10.8 Å². The van der Waals surface area contributed by atoms with E-state index < -0.39 is 10.0 Å². The summed E-state index contributed by atoms with van der Waals surface area (Å²) >= 11 is 1.03. The second-order valence-corrected chi connectivity index (χ2v) is 8.66. The van der Waals surface area contributed by atoms with E-state index in [2.05, 4.69) is 8.75 Å². The molecule has 2 aromatic carbocycles. The maximum absolute atomic E-state index is 13.2. The Kier molecular flexibility index (Phi) is 4.28. The molecular formula is C17H18N4O2S2. The molecule has 130 valence electrons. The van der Waals surface area contributed by atoms with E-state index in [1.807, 2.05) is 30.3 Å². The number of benzene rings is 2. The van der Waals surface area contributed by atoms with Crippen molar-refractivity contribution in [1.29, 1.82) is 0 Å².